The highest BCUT2D eigenvalue weighted by Gasteiger charge is 2.34. The molecule has 2 atom stereocenters. The van der Waals surface area contributed by atoms with E-state index < -0.39 is 0 Å². The van der Waals surface area contributed by atoms with Crippen LogP contribution in [-0.2, 0) is 17.6 Å². The van der Waals surface area contributed by atoms with E-state index in [9.17, 15) is 4.79 Å². The number of hydrogen-bond donors (Lipinski definition) is 1. The molecule has 102 valence electrons. The Morgan fingerprint density at radius 2 is 2.00 bits per heavy atom. The van der Waals surface area contributed by atoms with Gasteiger partial charge in [-0.1, -0.05) is 26.8 Å². The molecule has 2 aliphatic carbocycles. The highest BCUT2D eigenvalue weighted by Crippen LogP contribution is 2.41. The Bertz CT molecular complexity index is 518. The smallest absolute Gasteiger partial charge is 0.224 e. The predicted octanol–water partition coefficient (Wildman–Crippen LogP) is 3.80. The molecule has 3 rings (SSSR count). The van der Waals surface area contributed by atoms with Crippen molar-refractivity contribution >= 4 is 11.6 Å². The summed E-state index contributed by atoms with van der Waals surface area (Å²) in [5, 5.41) is 3.05. The number of hydrogen-bond acceptors (Lipinski definition) is 1. The van der Waals surface area contributed by atoms with Gasteiger partial charge < -0.3 is 5.32 Å². The second-order valence-electron chi connectivity index (χ2n) is 7.23. The Labute approximate surface area is 115 Å². The van der Waals surface area contributed by atoms with Crippen LogP contribution in [0.3, 0.4) is 0 Å². The number of carbonyl (C=O) groups is 1. The van der Waals surface area contributed by atoms with Gasteiger partial charge in [-0.25, -0.2) is 0 Å². The maximum absolute atomic E-state index is 11.9. The standard InChI is InChI=1S/C17H23NO/c1-11-6-13(11)8-16(19)18-15-5-4-12-9-17(2,3)10-14(12)7-15/h4-5,7,11,13H,6,8-10H2,1-3H3,(H,18,19). The number of rotatable bonds is 3. The van der Waals surface area contributed by atoms with Gasteiger partial charge in [0.15, 0.2) is 0 Å². The molecule has 2 aliphatic rings. The van der Waals surface area contributed by atoms with Crippen LogP contribution in [0.1, 0.15) is 44.7 Å². The minimum absolute atomic E-state index is 0.173. The van der Waals surface area contributed by atoms with Crippen molar-refractivity contribution in [3.63, 3.8) is 0 Å². The van der Waals surface area contributed by atoms with E-state index in [2.05, 4.69) is 44.3 Å². The van der Waals surface area contributed by atoms with E-state index in [-0.39, 0.29) is 5.91 Å². The Morgan fingerprint density at radius 3 is 2.68 bits per heavy atom. The highest BCUT2D eigenvalue weighted by atomic mass is 16.1. The lowest BCUT2D eigenvalue weighted by Crippen LogP contribution is -2.12. The van der Waals surface area contributed by atoms with Crippen molar-refractivity contribution in [1.29, 1.82) is 0 Å². The van der Waals surface area contributed by atoms with Gasteiger partial charge in [-0.15, -0.1) is 0 Å². The van der Waals surface area contributed by atoms with Crippen LogP contribution in [-0.4, -0.2) is 5.91 Å². The van der Waals surface area contributed by atoms with Crippen molar-refractivity contribution in [2.75, 3.05) is 5.32 Å². The summed E-state index contributed by atoms with van der Waals surface area (Å²) in [6.45, 7) is 6.83. The number of carbonyl (C=O) groups excluding carboxylic acids is 1. The summed E-state index contributed by atoms with van der Waals surface area (Å²) in [4.78, 5) is 11.9. The minimum atomic E-state index is 0.173. The minimum Gasteiger partial charge on any atom is -0.326 e. The molecule has 1 aromatic rings. The summed E-state index contributed by atoms with van der Waals surface area (Å²) in [6, 6.07) is 6.40. The van der Waals surface area contributed by atoms with Gasteiger partial charge in [0.25, 0.3) is 0 Å². The van der Waals surface area contributed by atoms with Gasteiger partial charge in [0, 0.05) is 12.1 Å². The third kappa shape index (κ3) is 2.83. The number of anilines is 1. The molecule has 2 nitrogen and oxygen atoms in total. The molecule has 0 aromatic heterocycles. The molecule has 1 amide bonds. The van der Waals surface area contributed by atoms with Crippen LogP contribution < -0.4 is 5.32 Å². The molecule has 0 spiro atoms. The molecule has 1 saturated carbocycles. The summed E-state index contributed by atoms with van der Waals surface area (Å²) in [5.41, 5.74) is 4.19. The Hall–Kier alpha value is -1.31. The lowest BCUT2D eigenvalue weighted by molar-refractivity contribution is -0.116. The third-order valence-electron chi connectivity index (χ3n) is 4.55. The summed E-state index contributed by atoms with van der Waals surface area (Å²) in [5.74, 6) is 1.53. The zero-order valence-corrected chi connectivity index (χ0v) is 12.1. The zero-order chi connectivity index (χ0) is 13.6. The van der Waals surface area contributed by atoms with Crippen molar-refractivity contribution < 1.29 is 4.79 Å². The molecule has 0 aliphatic heterocycles. The Balaban J connectivity index is 1.65. The number of benzene rings is 1. The quantitative estimate of drug-likeness (QED) is 0.877. The normalized spacial score (nSPS) is 26.9. The highest BCUT2D eigenvalue weighted by molar-refractivity contribution is 5.91. The zero-order valence-electron chi connectivity index (χ0n) is 12.1. The van der Waals surface area contributed by atoms with Gasteiger partial charge in [-0.3, -0.25) is 4.79 Å². The average Bonchev–Trinajstić information content (AvgIpc) is 2.86. The lowest BCUT2D eigenvalue weighted by Gasteiger charge is -2.14. The van der Waals surface area contributed by atoms with E-state index in [1.54, 1.807) is 0 Å². The molecule has 2 heteroatoms. The molecule has 0 heterocycles. The molecule has 0 radical (unpaired) electrons. The molecular weight excluding hydrogens is 234 g/mol. The van der Waals surface area contributed by atoms with E-state index in [4.69, 9.17) is 0 Å². The van der Waals surface area contributed by atoms with Crippen LogP contribution in [0.4, 0.5) is 5.69 Å². The number of nitrogens with one attached hydrogen (secondary N) is 1. The summed E-state index contributed by atoms with van der Waals surface area (Å²) in [7, 11) is 0. The molecule has 1 fully saturated rings. The second-order valence-corrected chi connectivity index (χ2v) is 7.23. The van der Waals surface area contributed by atoms with Crippen LogP contribution >= 0.6 is 0 Å². The fourth-order valence-corrected chi connectivity index (χ4v) is 3.27. The van der Waals surface area contributed by atoms with Gasteiger partial charge in [0.2, 0.25) is 5.91 Å². The van der Waals surface area contributed by atoms with Gasteiger partial charge >= 0.3 is 0 Å². The SMILES string of the molecule is CC1CC1CC(=O)Nc1ccc2c(c1)CC(C)(C)C2. The molecule has 1 N–H and O–H groups in total. The van der Waals surface area contributed by atoms with E-state index in [0.29, 0.717) is 17.8 Å². The van der Waals surface area contributed by atoms with Crippen molar-refractivity contribution in [3.05, 3.63) is 29.3 Å². The van der Waals surface area contributed by atoms with Crippen molar-refractivity contribution in [3.8, 4) is 0 Å². The van der Waals surface area contributed by atoms with Crippen molar-refractivity contribution in [2.45, 2.75) is 46.5 Å². The first-order valence-electron chi connectivity index (χ1n) is 7.35. The molecular formula is C17H23NO. The average molecular weight is 257 g/mol. The molecule has 0 bridgehead atoms. The number of amides is 1. The fraction of sp³-hybridized carbons (Fsp3) is 0.588. The van der Waals surface area contributed by atoms with Crippen molar-refractivity contribution in [2.24, 2.45) is 17.3 Å². The first-order valence-corrected chi connectivity index (χ1v) is 7.35. The van der Waals surface area contributed by atoms with Gasteiger partial charge in [0.05, 0.1) is 0 Å². The third-order valence-corrected chi connectivity index (χ3v) is 4.55. The molecule has 1 aromatic carbocycles. The fourth-order valence-electron chi connectivity index (χ4n) is 3.27. The summed E-state index contributed by atoms with van der Waals surface area (Å²) in [6.07, 6.45) is 4.16. The maximum atomic E-state index is 11.9. The van der Waals surface area contributed by atoms with Crippen LogP contribution in [0.2, 0.25) is 0 Å². The largest absolute Gasteiger partial charge is 0.326 e. The predicted molar refractivity (Wildman–Crippen MR) is 78.1 cm³/mol. The van der Waals surface area contributed by atoms with E-state index in [1.807, 2.05) is 0 Å². The summed E-state index contributed by atoms with van der Waals surface area (Å²) < 4.78 is 0. The van der Waals surface area contributed by atoms with E-state index in [1.165, 1.54) is 17.5 Å². The molecule has 0 saturated heterocycles. The van der Waals surface area contributed by atoms with E-state index >= 15 is 0 Å². The Morgan fingerprint density at radius 1 is 1.32 bits per heavy atom. The first-order chi connectivity index (χ1) is 8.93. The van der Waals surface area contributed by atoms with Crippen LogP contribution in [0.25, 0.3) is 0 Å². The van der Waals surface area contributed by atoms with Crippen LogP contribution in [0, 0.1) is 17.3 Å². The molecule has 2 unspecified atom stereocenters. The Kier molecular flexibility index (Phi) is 2.92. The second kappa shape index (κ2) is 4.36. The van der Waals surface area contributed by atoms with Crippen LogP contribution in [0.5, 0.6) is 0 Å². The lowest BCUT2D eigenvalue weighted by atomic mass is 9.90. The van der Waals surface area contributed by atoms with Gasteiger partial charge in [-0.05, 0) is 59.8 Å². The molecule has 19 heavy (non-hydrogen) atoms. The first kappa shape index (κ1) is 12.7. The monoisotopic (exact) mass is 257 g/mol. The van der Waals surface area contributed by atoms with Crippen molar-refractivity contribution in [1.82, 2.24) is 0 Å². The maximum Gasteiger partial charge on any atom is 0.224 e. The topological polar surface area (TPSA) is 29.1 Å². The van der Waals surface area contributed by atoms with E-state index in [0.717, 1.165) is 24.4 Å². The van der Waals surface area contributed by atoms with Crippen LogP contribution in [0.15, 0.2) is 18.2 Å². The number of fused-ring (bicyclic) bond motifs is 1. The van der Waals surface area contributed by atoms with Gasteiger partial charge in [-0.2, -0.15) is 0 Å². The summed E-state index contributed by atoms with van der Waals surface area (Å²) >= 11 is 0. The van der Waals surface area contributed by atoms with Gasteiger partial charge in [0.1, 0.15) is 0 Å².